The van der Waals surface area contributed by atoms with E-state index < -0.39 is 12.0 Å². The van der Waals surface area contributed by atoms with Gasteiger partial charge < -0.3 is 10.5 Å². The number of benzene rings is 1. The quantitative estimate of drug-likeness (QED) is 0.832. The molecule has 0 amide bonds. The summed E-state index contributed by atoms with van der Waals surface area (Å²) in [5, 5.41) is 1.05. The summed E-state index contributed by atoms with van der Waals surface area (Å²) in [5.74, 6) is -0.457. The molecule has 3 nitrogen and oxygen atoms in total. The molecule has 0 saturated carbocycles. The van der Waals surface area contributed by atoms with Gasteiger partial charge in [-0.05, 0) is 24.1 Å². The normalized spacial score (nSPS) is 12.3. The van der Waals surface area contributed by atoms with Crippen molar-refractivity contribution in [2.75, 3.05) is 7.11 Å². The predicted molar refractivity (Wildman–Crippen MR) is 60.2 cm³/mol. The highest BCUT2D eigenvalue weighted by Crippen LogP contribution is 2.21. The molecule has 15 heavy (non-hydrogen) atoms. The maximum atomic E-state index is 11.1. The summed E-state index contributed by atoms with van der Waals surface area (Å²) in [6, 6.07) is 4.36. The van der Waals surface area contributed by atoms with Crippen LogP contribution in [0.4, 0.5) is 0 Å². The number of ether oxygens (including phenoxy) is 1. The zero-order valence-electron chi connectivity index (χ0n) is 8.17. The Balaban J connectivity index is 2.76. The summed E-state index contributed by atoms with van der Waals surface area (Å²) < 4.78 is 4.51. The molecular formula is C10H11Cl2NO2. The number of halogens is 2. The van der Waals surface area contributed by atoms with E-state index in [1.54, 1.807) is 18.2 Å². The Morgan fingerprint density at radius 2 is 2.20 bits per heavy atom. The van der Waals surface area contributed by atoms with Crippen LogP contribution in [0.15, 0.2) is 18.2 Å². The van der Waals surface area contributed by atoms with Gasteiger partial charge in [0.2, 0.25) is 0 Å². The monoisotopic (exact) mass is 247 g/mol. The SMILES string of the molecule is COC(=O)[C@H](N)Cc1ccc(Cl)cc1Cl. The zero-order valence-corrected chi connectivity index (χ0v) is 9.68. The lowest BCUT2D eigenvalue weighted by Crippen LogP contribution is -2.33. The molecule has 1 rings (SSSR count). The van der Waals surface area contributed by atoms with Crippen LogP contribution in [0.1, 0.15) is 5.56 Å². The first-order valence-electron chi connectivity index (χ1n) is 4.32. The van der Waals surface area contributed by atoms with Crippen molar-refractivity contribution >= 4 is 29.2 Å². The van der Waals surface area contributed by atoms with Crippen molar-refractivity contribution < 1.29 is 9.53 Å². The fraction of sp³-hybridized carbons (Fsp3) is 0.300. The van der Waals surface area contributed by atoms with Gasteiger partial charge in [0.15, 0.2) is 0 Å². The molecule has 0 unspecified atom stereocenters. The maximum absolute atomic E-state index is 11.1. The highest BCUT2D eigenvalue weighted by atomic mass is 35.5. The number of esters is 1. The number of methoxy groups -OCH3 is 1. The van der Waals surface area contributed by atoms with E-state index in [1.807, 2.05) is 0 Å². The van der Waals surface area contributed by atoms with Gasteiger partial charge in [0.05, 0.1) is 7.11 Å². The summed E-state index contributed by atoms with van der Waals surface area (Å²) in [4.78, 5) is 11.1. The molecule has 1 atom stereocenters. The summed E-state index contributed by atoms with van der Waals surface area (Å²) >= 11 is 11.7. The fourth-order valence-electron chi connectivity index (χ4n) is 1.16. The van der Waals surface area contributed by atoms with Crippen LogP contribution < -0.4 is 5.73 Å². The Labute approximate surface area is 98.1 Å². The Hall–Kier alpha value is -0.770. The van der Waals surface area contributed by atoms with Crippen LogP contribution in [-0.4, -0.2) is 19.1 Å². The molecule has 0 aliphatic heterocycles. The van der Waals surface area contributed by atoms with Gasteiger partial charge in [-0.1, -0.05) is 29.3 Å². The molecule has 0 spiro atoms. The molecule has 1 aromatic rings. The summed E-state index contributed by atoms with van der Waals surface area (Å²) in [7, 11) is 1.30. The average Bonchev–Trinajstić information content (AvgIpc) is 2.20. The zero-order chi connectivity index (χ0) is 11.4. The lowest BCUT2D eigenvalue weighted by Gasteiger charge is -2.10. The molecule has 0 fully saturated rings. The number of carbonyl (C=O) groups excluding carboxylic acids is 1. The van der Waals surface area contributed by atoms with Gasteiger partial charge in [-0.3, -0.25) is 4.79 Å². The minimum absolute atomic E-state index is 0.336. The first kappa shape index (κ1) is 12.3. The lowest BCUT2D eigenvalue weighted by molar-refractivity contribution is -0.142. The average molecular weight is 248 g/mol. The van der Waals surface area contributed by atoms with Crippen molar-refractivity contribution in [1.82, 2.24) is 0 Å². The van der Waals surface area contributed by atoms with Gasteiger partial charge in [-0.2, -0.15) is 0 Å². The highest BCUT2D eigenvalue weighted by molar-refractivity contribution is 6.35. The minimum atomic E-state index is -0.700. The van der Waals surface area contributed by atoms with E-state index in [0.29, 0.717) is 16.5 Å². The molecule has 0 heterocycles. The Bertz CT molecular complexity index is 368. The standard InChI is InChI=1S/C10H11Cl2NO2/c1-15-10(14)9(13)4-6-2-3-7(11)5-8(6)12/h2-3,5,9H,4,13H2,1H3/t9-/m1/s1. The summed E-state index contributed by atoms with van der Waals surface area (Å²) in [6.45, 7) is 0. The van der Waals surface area contributed by atoms with E-state index in [2.05, 4.69) is 4.74 Å². The predicted octanol–water partition coefficient (Wildman–Crippen LogP) is 2.04. The first-order valence-corrected chi connectivity index (χ1v) is 5.07. The van der Waals surface area contributed by atoms with Crippen molar-refractivity contribution in [3.05, 3.63) is 33.8 Å². The summed E-state index contributed by atoms with van der Waals surface area (Å²) in [5.41, 5.74) is 6.38. The van der Waals surface area contributed by atoms with Crippen molar-refractivity contribution in [3.8, 4) is 0 Å². The van der Waals surface area contributed by atoms with E-state index in [0.717, 1.165) is 5.56 Å². The van der Waals surface area contributed by atoms with Crippen LogP contribution >= 0.6 is 23.2 Å². The van der Waals surface area contributed by atoms with Crippen LogP contribution in [0.5, 0.6) is 0 Å². The lowest BCUT2D eigenvalue weighted by atomic mass is 10.1. The van der Waals surface area contributed by atoms with Crippen LogP contribution in [-0.2, 0) is 16.0 Å². The van der Waals surface area contributed by atoms with Gasteiger partial charge in [-0.15, -0.1) is 0 Å². The molecule has 0 aliphatic rings. The molecule has 82 valence electrons. The molecule has 2 N–H and O–H groups in total. The molecule has 0 radical (unpaired) electrons. The van der Waals surface area contributed by atoms with Crippen molar-refractivity contribution in [2.24, 2.45) is 5.73 Å². The second kappa shape index (κ2) is 5.35. The van der Waals surface area contributed by atoms with Crippen molar-refractivity contribution in [1.29, 1.82) is 0 Å². The van der Waals surface area contributed by atoms with Crippen LogP contribution in [0.2, 0.25) is 10.0 Å². The molecular weight excluding hydrogens is 237 g/mol. The van der Waals surface area contributed by atoms with E-state index >= 15 is 0 Å². The van der Waals surface area contributed by atoms with Crippen LogP contribution in [0, 0.1) is 0 Å². The molecule has 0 bridgehead atoms. The third kappa shape index (κ3) is 3.38. The molecule has 0 saturated heterocycles. The second-order valence-electron chi connectivity index (χ2n) is 3.07. The third-order valence-electron chi connectivity index (χ3n) is 1.96. The fourth-order valence-corrected chi connectivity index (χ4v) is 1.64. The van der Waals surface area contributed by atoms with Crippen molar-refractivity contribution in [3.63, 3.8) is 0 Å². The van der Waals surface area contributed by atoms with E-state index in [1.165, 1.54) is 7.11 Å². The molecule has 0 aliphatic carbocycles. The van der Waals surface area contributed by atoms with Gasteiger partial charge in [-0.25, -0.2) is 0 Å². The van der Waals surface area contributed by atoms with Gasteiger partial charge in [0.25, 0.3) is 0 Å². The Morgan fingerprint density at radius 1 is 1.53 bits per heavy atom. The van der Waals surface area contributed by atoms with Gasteiger partial charge in [0, 0.05) is 10.0 Å². The summed E-state index contributed by atoms with van der Waals surface area (Å²) in [6.07, 6.45) is 0.336. The Kier molecular flexibility index (Phi) is 4.39. The molecule has 0 aromatic heterocycles. The van der Waals surface area contributed by atoms with Gasteiger partial charge >= 0.3 is 5.97 Å². The topological polar surface area (TPSA) is 52.3 Å². The maximum Gasteiger partial charge on any atom is 0.322 e. The number of hydrogen-bond acceptors (Lipinski definition) is 3. The number of nitrogens with two attached hydrogens (primary N) is 1. The highest BCUT2D eigenvalue weighted by Gasteiger charge is 2.15. The van der Waals surface area contributed by atoms with Gasteiger partial charge in [0.1, 0.15) is 6.04 Å². The van der Waals surface area contributed by atoms with E-state index in [9.17, 15) is 4.79 Å². The number of hydrogen-bond donors (Lipinski definition) is 1. The smallest absolute Gasteiger partial charge is 0.322 e. The van der Waals surface area contributed by atoms with Crippen LogP contribution in [0.3, 0.4) is 0 Å². The third-order valence-corrected chi connectivity index (χ3v) is 2.55. The van der Waals surface area contributed by atoms with E-state index in [-0.39, 0.29) is 0 Å². The van der Waals surface area contributed by atoms with E-state index in [4.69, 9.17) is 28.9 Å². The number of rotatable bonds is 3. The van der Waals surface area contributed by atoms with Crippen LogP contribution in [0.25, 0.3) is 0 Å². The number of carbonyl (C=O) groups is 1. The second-order valence-corrected chi connectivity index (χ2v) is 3.91. The minimum Gasteiger partial charge on any atom is -0.468 e. The Morgan fingerprint density at radius 3 is 2.73 bits per heavy atom. The molecule has 5 heteroatoms. The van der Waals surface area contributed by atoms with Crippen molar-refractivity contribution in [2.45, 2.75) is 12.5 Å². The largest absolute Gasteiger partial charge is 0.468 e. The first-order chi connectivity index (χ1) is 7.04. The molecule has 1 aromatic carbocycles.